The van der Waals surface area contributed by atoms with Crippen LogP contribution in [-0.2, 0) is 21.2 Å². The van der Waals surface area contributed by atoms with Crippen molar-refractivity contribution in [3.63, 3.8) is 0 Å². The van der Waals surface area contributed by atoms with Crippen molar-refractivity contribution in [3.8, 4) is 11.8 Å². The topological polar surface area (TPSA) is 120 Å². The van der Waals surface area contributed by atoms with Crippen molar-refractivity contribution in [2.45, 2.75) is 38.3 Å². The first-order valence-electron chi connectivity index (χ1n) is 10.4. The summed E-state index contributed by atoms with van der Waals surface area (Å²) in [7, 11) is -3.21. The number of carboxylic acids is 1. The van der Waals surface area contributed by atoms with Crippen LogP contribution in [0.4, 0.5) is 5.69 Å². The Bertz CT molecular complexity index is 1100. The largest absolute Gasteiger partial charge is 0.490 e. The number of carboxylic acid groups (broad SMARTS) is 1. The van der Waals surface area contributed by atoms with Crippen molar-refractivity contribution in [2.75, 3.05) is 24.7 Å². The van der Waals surface area contributed by atoms with Crippen LogP contribution in [0.15, 0.2) is 42.5 Å². The molecule has 3 rings (SSSR count). The van der Waals surface area contributed by atoms with Crippen LogP contribution in [0.5, 0.6) is 5.75 Å². The van der Waals surface area contributed by atoms with Gasteiger partial charge in [0, 0.05) is 18.8 Å². The van der Waals surface area contributed by atoms with E-state index < -0.39 is 22.0 Å². The molecule has 0 radical (unpaired) electrons. The van der Waals surface area contributed by atoms with E-state index in [1.165, 1.54) is 10.6 Å². The highest BCUT2D eigenvalue weighted by Gasteiger charge is 2.27. The molecule has 0 amide bonds. The van der Waals surface area contributed by atoms with Crippen LogP contribution < -0.4 is 10.1 Å². The van der Waals surface area contributed by atoms with Gasteiger partial charge in [0.1, 0.15) is 11.9 Å². The molecule has 9 heteroatoms. The molecule has 2 N–H and O–H groups in total. The van der Waals surface area contributed by atoms with E-state index in [1.807, 2.05) is 25.1 Å². The number of nitriles is 1. The third kappa shape index (κ3) is 5.99. The van der Waals surface area contributed by atoms with Crippen LogP contribution in [0, 0.1) is 11.3 Å². The zero-order valence-electron chi connectivity index (χ0n) is 18.1. The van der Waals surface area contributed by atoms with Crippen LogP contribution in [0.2, 0.25) is 0 Å². The zero-order valence-corrected chi connectivity index (χ0v) is 18.9. The molecule has 0 aromatic heterocycles. The summed E-state index contributed by atoms with van der Waals surface area (Å²) >= 11 is 0. The molecule has 0 spiro atoms. The van der Waals surface area contributed by atoms with Gasteiger partial charge in [-0.25, -0.2) is 17.5 Å². The fourth-order valence-corrected chi connectivity index (χ4v) is 4.57. The first-order chi connectivity index (χ1) is 15.2. The van der Waals surface area contributed by atoms with Crippen molar-refractivity contribution in [1.82, 2.24) is 4.31 Å². The van der Waals surface area contributed by atoms with Gasteiger partial charge in [-0.2, -0.15) is 5.26 Å². The lowest BCUT2D eigenvalue weighted by Crippen LogP contribution is -2.41. The summed E-state index contributed by atoms with van der Waals surface area (Å²) in [5.74, 6) is -0.458. The molecule has 1 fully saturated rings. The number of aryl methyl sites for hydroxylation is 1. The maximum absolute atomic E-state index is 12.0. The summed E-state index contributed by atoms with van der Waals surface area (Å²) in [6, 6.07) is 13.1. The van der Waals surface area contributed by atoms with E-state index >= 15 is 0 Å². The number of benzene rings is 2. The maximum Gasteiger partial charge on any atom is 0.330 e. The van der Waals surface area contributed by atoms with E-state index in [4.69, 9.17) is 10.00 Å². The number of carbonyl (C=O) groups is 1. The lowest BCUT2D eigenvalue weighted by atomic mass is 10.0. The van der Waals surface area contributed by atoms with Gasteiger partial charge in [0.15, 0.2) is 6.04 Å². The summed E-state index contributed by atoms with van der Waals surface area (Å²) in [4.78, 5) is 12.0. The molecule has 1 unspecified atom stereocenters. The van der Waals surface area contributed by atoms with E-state index in [1.54, 1.807) is 30.3 Å². The number of rotatable bonds is 8. The highest BCUT2D eigenvalue weighted by atomic mass is 32.2. The highest BCUT2D eigenvalue weighted by molar-refractivity contribution is 7.88. The SMILES string of the molecule is CCc1cc(OC2CCN(S(C)(=O)=O)CC2)cc(C(Nc2ccc(C#N)cc2)C(=O)O)c1. The molecule has 0 bridgehead atoms. The Hall–Kier alpha value is -3.09. The van der Waals surface area contributed by atoms with Crippen LogP contribution in [0.1, 0.15) is 42.5 Å². The lowest BCUT2D eigenvalue weighted by Gasteiger charge is -2.30. The van der Waals surface area contributed by atoms with Gasteiger partial charge in [-0.05, 0) is 66.8 Å². The quantitative estimate of drug-likeness (QED) is 0.625. The van der Waals surface area contributed by atoms with Gasteiger partial charge < -0.3 is 15.2 Å². The Morgan fingerprint density at radius 2 is 1.91 bits per heavy atom. The summed E-state index contributed by atoms with van der Waals surface area (Å²) in [5.41, 5.74) is 2.59. The number of hydrogen-bond donors (Lipinski definition) is 2. The van der Waals surface area contributed by atoms with Gasteiger partial charge in [-0.1, -0.05) is 13.0 Å². The molecule has 1 heterocycles. The molecule has 1 saturated heterocycles. The lowest BCUT2D eigenvalue weighted by molar-refractivity contribution is -0.138. The van der Waals surface area contributed by atoms with Crippen LogP contribution in [0.3, 0.4) is 0 Å². The monoisotopic (exact) mass is 457 g/mol. The molecule has 1 aliphatic rings. The normalized spacial score (nSPS) is 16.2. The minimum atomic E-state index is -3.21. The van der Waals surface area contributed by atoms with Gasteiger partial charge >= 0.3 is 5.97 Å². The van der Waals surface area contributed by atoms with Gasteiger partial charge in [0.2, 0.25) is 10.0 Å². The number of nitrogens with one attached hydrogen (secondary N) is 1. The molecule has 1 atom stereocenters. The van der Waals surface area contributed by atoms with Gasteiger partial charge in [0.25, 0.3) is 0 Å². The molecular formula is C23H27N3O5S. The third-order valence-corrected chi connectivity index (χ3v) is 6.78. The fourth-order valence-electron chi connectivity index (χ4n) is 3.69. The van der Waals surface area contributed by atoms with Crippen molar-refractivity contribution in [1.29, 1.82) is 5.26 Å². The molecule has 32 heavy (non-hydrogen) atoms. The second kappa shape index (κ2) is 10.0. The van der Waals surface area contributed by atoms with E-state index in [-0.39, 0.29) is 6.10 Å². The van der Waals surface area contributed by atoms with Gasteiger partial charge in [-0.15, -0.1) is 0 Å². The summed E-state index contributed by atoms with van der Waals surface area (Å²) in [5, 5.41) is 21.8. The second-order valence-electron chi connectivity index (χ2n) is 7.85. The Morgan fingerprint density at radius 1 is 1.25 bits per heavy atom. The number of anilines is 1. The van der Waals surface area contributed by atoms with Crippen LogP contribution in [0.25, 0.3) is 0 Å². The first kappa shape index (κ1) is 23.6. The van der Waals surface area contributed by atoms with Crippen LogP contribution >= 0.6 is 0 Å². The van der Waals surface area contributed by atoms with E-state index in [0.717, 1.165) is 5.56 Å². The maximum atomic E-state index is 12.0. The molecule has 2 aromatic rings. The number of piperidine rings is 1. The summed E-state index contributed by atoms with van der Waals surface area (Å²) in [6.45, 7) is 2.79. The number of ether oxygens (including phenoxy) is 1. The fraction of sp³-hybridized carbons (Fsp3) is 0.391. The van der Waals surface area contributed by atoms with Crippen molar-refractivity contribution < 1.29 is 23.1 Å². The summed E-state index contributed by atoms with van der Waals surface area (Å²) in [6.07, 6.45) is 2.93. The van der Waals surface area contributed by atoms with Crippen molar-refractivity contribution in [3.05, 3.63) is 59.2 Å². The highest BCUT2D eigenvalue weighted by Crippen LogP contribution is 2.28. The van der Waals surface area contributed by atoms with E-state index in [0.29, 0.717) is 54.9 Å². The Balaban J connectivity index is 1.79. The molecule has 2 aromatic carbocycles. The van der Waals surface area contributed by atoms with E-state index in [2.05, 4.69) is 5.32 Å². The van der Waals surface area contributed by atoms with E-state index in [9.17, 15) is 18.3 Å². The Labute approximate surface area is 188 Å². The molecule has 1 aliphatic heterocycles. The average molecular weight is 458 g/mol. The molecular weight excluding hydrogens is 430 g/mol. The predicted molar refractivity (Wildman–Crippen MR) is 121 cm³/mol. The van der Waals surface area contributed by atoms with Gasteiger partial charge in [-0.3, -0.25) is 0 Å². The smallest absolute Gasteiger partial charge is 0.330 e. The Morgan fingerprint density at radius 3 is 2.44 bits per heavy atom. The summed E-state index contributed by atoms with van der Waals surface area (Å²) < 4.78 is 31.0. The molecule has 0 saturated carbocycles. The third-order valence-electron chi connectivity index (χ3n) is 5.47. The van der Waals surface area contributed by atoms with Crippen molar-refractivity contribution in [2.24, 2.45) is 0 Å². The van der Waals surface area contributed by atoms with Crippen molar-refractivity contribution >= 4 is 21.7 Å². The second-order valence-corrected chi connectivity index (χ2v) is 9.83. The minimum Gasteiger partial charge on any atom is -0.490 e. The standard InChI is InChI=1S/C23H27N3O5S/c1-3-16-12-18(22(23(27)28)25-19-6-4-17(15-24)5-7-19)14-21(13-16)31-20-8-10-26(11-9-20)32(2,29)30/h4-7,12-14,20,22,25H,3,8-11H2,1-2H3,(H,27,28). The first-order valence-corrected chi connectivity index (χ1v) is 12.3. The predicted octanol–water partition coefficient (Wildman–Crippen LogP) is 3.16. The minimum absolute atomic E-state index is 0.136. The number of hydrogen-bond acceptors (Lipinski definition) is 6. The number of nitrogens with zero attached hydrogens (tertiary/aromatic N) is 2. The molecule has 0 aliphatic carbocycles. The van der Waals surface area contributed by atoms with Crippen LogP contribution in [-0.4, -0.2) is 49.2 Å². The molecule has 8 nitrogen and oxygen atoms in total. The molecule has 170 valence electrons. The number of sulfonamides is 1. The number of aliphatic carboxylic acids is 1. The Kier molecular flexibility index (Phi) is 7.38. The average Bonchev–Trinajstić information content (AvgIpc) is 2.77. The zero-order chi connectivity index (χ0) is 23.3. The van der Waals surface area contributed by atoms with Gasteiger partial charge in [0.05, 0.1) is 17.9 Å².